The Hall–Kier alpha value is -3.31. The minimum absolute atomic E-state index is 0.0961. The van der Waals surface area contributed by atoms with Crippen molar-refractivity contribution < 1.29 is 24.5 Å². The monoisotopic (exact) mass is 458 g/mol. The van der Waals surface area contributed by atoms with Crippen molar-refractivity contribution in [1.82, 2.24) is 0 Å². The molecule has 7 nitrogen and oxygen atoms in total. The summed E-state index contributed by atoms with van der Waals surface area (Å²) in [5.41, 5.74) is 0.221. The average molecular weight is 459 g/mol. The Labute approximate surface area is 176 Å². The molecule has 8 heteroatoms. The van der Waals surface area contributed by atoms with Gasteiger partial charge in [0.25, 0.3) is 0 Å². The van der Waals surface area contributed by atoms with Crippen LogP contribution in [0.5, 0.6) is 5.75 Å². The second-order valence-electron chi connectivity index (χ2n) is 6.80. The predicted molar refractivity (Wildman–Crippen MR) is 110 cm³/mol. The van der Waals surface area contributed by atoms with Gasteiger partial charge in [-0.2, -0.15) is 5.26 Å². The SMILES string of the molecule is CC(C)(/C=C/C(=O)O)[C@H](OC(=O)Nc1ccc(C#N)cc1)c1cc(Br)ccc1O. The number of halogens is 1. The zero-order valence-electron chi connectivity index (χ0n) is 15.7. The van der Waals surface area contributed by atoms with E-state index >= 15 is 0 Å². The van der Waals surface area contributed by atoms with Crippen LogP contribution in [0.1, 0.15) is 31.1 Å². The van der Waals surface area contributed by atoms with Crippen molar-refractivity contribution in [3.8, 4) is 11.8 Å². The number of nitriles is 1. The number of carbonyl (C=O) groups excluding carboxylic acids is 1. The van der Waals surface area contributed by atoms with Gasteiger partial charge in [-0.25, -0.2) is 9.59 Å². The van der Waals surface area contributed by atoms with Gasteiger partial charge in [-0.3, -0.25) is 5.32 Å². The zero-order valence-corrected chi connectivity index (χ0v) is 17.3. The third-order valence-electron chi connectivity index (χ3n) is 4.09. The summed E-state index contributed by atoms with van der Waals surface area (Å²) in [5, 5.41) is 30.7. The van der Waals surface area contributed by atoms with E-state index in [1.54, 1.807) is 50.2 Å². The van der Waals surface area contributed by atoms with E-state index < -0.39 is 23.6 Å². The van der Waals surface area contributed by atoms with Crippen molar-refractivity contribution in [2.24, 2.45) is 5.41 Å². The van der Waals surface area contributed by atoms with Crippen LogP contribution < -0.4 is 5.32 Å². The third kappa shape index (κ3) is 6.09. The lowest BCUT2D eigenvalue weighted by Crippen LogP contribution is -2.28. The molecule has 0 spiro atoms. The van der Waals surface area contributed by atoms with Crippen molar-refractivity contribution in [1.29, 1.82) is 5.26 Å². The number of rotatable bonds is 6. The summed E-state index contributed by atoms with van der Waals surface area (Å²) in [6.07, 6.45) is 0.573. The molecule has 0 aromatic heterocycles. The molecule has 2 aromatic rings. The van der Waals surface area contributed by atoms with Gasteiger partial charge in [0.1, 0.15) is 11.9 Å². The molecule has 3 N–H and O–H groups in total. The van der Waals surface area contributed by atoms with Crippen LogP contribution in [0, 0.1) is 16.7 Å². The fourth-order valence-electron chi connectivity index (χ4n) is 2.61. The molecule has 29 heavy (non-hydrogen) atoms. The van der Waals surface area contributed by atoms with Crippen LogP contribution in [0.25, 0.3) is 0 Å². The highest BCUT2D eigenvalue weighted by Crippen LogP contribution is 2.42. The maximum atomic E-state index is 12.5. The van der Waals surface area contributed by atoms with Gasteiger partial charge in [-0.1, -0.05) is 35.9 Å². The van der Waals surface area contributed by atoms with Crippen molar-refractivity contribution in [2.75, 3.05) is 5.32 Å². The summed E-state index contributed by atoms with van der Waals surface area (Å²) in [5.74, 6) is -1.24. The van der Waals surface area contributed by atoms with E-state index in [0.29, 0.717) is 21.3 Å². The van der Waals surface area contributed by atoms with Gasteiger partial charge in [0.2, 0.25) is 0 Å². The van der Waals surface area contributed by atoms with Crippen molar-refractivity contribution in [3.05, 3.63) is 70.2 Å². The minimum atomic E-state index is -1.14. The molecule has 0 heterocycles. The van der Waals surface area contributed by atoms with Gasteiger partial charge in [0.15, 0.2) is 0 Å². The molecule has 0 aliphatic heterocycles. The molecular formula is C21H19BrN2O5. The number of hydrogen-bond acceptors (Lipinski definition) is 5. The van der Waals surface area contributed by atoms with E-state index in [4.69, 9.17) is 15.1 Å². The second kappa shape index (κ2) is 9.26. The van der Waals surface area contributed by atoms with Crippen molar-refractivity contribution in [3.63, 3.8) is 0 Å². The summed E-state index contributed by atoms with van der Waals surface area (Å²) < 4.78 is 6.25. The highest BCUT2D eigenvalue weighted by atomic mass is 79.9. The van der Waals surface area contributed by atoms with Gasteiger partial charge in [-0.15, -0.1) is 0 Å². The predicted octanol–water partition coefficient (Wildman–Crippen LogP) is 4.98. The normalized spacial score (nSPS) is 12.2. The van der Waals surface area contributed by atoms with Crippen LogP contribution in [-0.4, -0.2) is 22.3 Å². The minimum Gasteiger partial charge on any atom is -0.508 e. The molecule has 2 rings (SSSR count). The fraction of sp³-hybridized carbons (Fsp3) is 0.190. The Morgan fingerprint density at radius 2 is 1.90 bits per heavy atom. The van der Waals surface area contributed by atoms with E-state index in [2.05, 4.69) is 21.2 Å². The molecule has 0 bridgehead atoms. The van der Waals surface area contributed by atoms with E-state index in [0.717, 1.165) is 6.08 Å². The van der Waals surface area contributed by atoms with E-state index in [1.165, 1.54) is 12.1 Å². The zero-order chi connectivity index (χ0) is 21.6. The Bertz CT molecular complexity index is 978. The quantitative estimate of drug-likeness (QED) is 0.524. The molecule has 0 radical (unpaired) electrons. The largest absolute Gasteiger partial charge is 0.508 e. The van der Waals surface area contributed by atoms with Crippen LogP contribution in [0.15, 0.2) is 59.1 Å². The summed E-state index contributed by atoms with van der Waals surface area (Å²) in [4.78, 5) is 23.5. The summed E-state index contributed by atoms with van der Waals surface area (Å²) >= 11 is 3.32. The fourth-order valence-corrected chi connectivity index (χ4v) is 2.99. The lowest BCUT2D eigenvalue weighted by Gasteiger charge is -2.32. The highest BCUT2D eigenvalue weighted by molar-refractivity contribution is 9.10. The number of carboxylic acids is 1. The molecule has 0 aliphatic carbocycles. The Morgan fingerprint density at radius 3 is 2.48 bits per heavy atom. The number of phenolic OH excluding ortho intramolecular Hbond substituents is 1. The molecule has 0 aliphatic rings. The smallest absolute Gasteiger partial charge is 0.412 e. The Balaban J connectivity index is 2.33. The highest BCUT2D eigenvalue weighted by Gasteiger charge is 2.34. The van der Waals surface area contributed by atoms with Crippen molar-refractivity contribution >= 4 is 33.7 Å². The number of benzene rings is 2. The maximum Gasteiger partial charge on any atom is 0.412 e. The Kier molecular flexibility index (Phi) is 7.02. The maximum absolute atomic E-state index is 12.5. The molecular weight excluding hydrogens is 440 g/mol. The Morgan fingerprint density at radius 1 is 1.24 bits per heavy atom. The van der Waals surface area contributed by atoms with E-state index in [9.17, 15) is 14.7 Å². The van der Waals surface area contributed by atoms with Gasteiger partial charge in [0, 0.05) is 27.2 Å². The van der Waals surface area contributed by atoms with Crippen LogP contribution in [-0.2, 0) is 9.53 Å². The first-order valence-electron chi connectivity index (χ1n) is 8.51. The molecule has 0 saturated carbocycles. The third-order valence-corrected chi connectivity index (χ3v) is 4.58. The number of carboxylic acid groups (broad SMARTS) is 1. The van der Waals surface area contributed by atoms with Gasteiger partial charge in [-0.05, 0) is 42.5 Å². The number of nitrogens with zero attached hydrogens (tertiary/aromatic N) is 1. The standard InChI is InChI=1S/C21H19BrN2O5/c1-21(2,10-9-18(26)27)19(16-11-14(22)5-8-17(16)25)29-20(28)24-15-6-3-13(12-23)4-7-15/h3-11,19,25H,1-2H3,(H,24,28)(H,26,27)/b10-9+/t19-/m1/s1. The molecule has 0 fully saturated rings. The number of carbonyl (C=O) groups is 2. The van der Waals surface area contributed by atoms with Crippen LogP contribution in [0.2, 0.25) is 0 Å². The molecule has 2 aromatic carbocycles. The van der Waals surface area contributed by atoms with E-state index in [1.807, 2.05) is 6.07 Å². The number of phenols is 1. The lowest BCUT2D eigenvalue weighted by atomic mass is 9.81. The summed E-state index contributed by atoms with van der Waals surface area (Å²) in [6, 6.07) is 12.9. The number of anilines is 1. The topological polar surface area (TPSA) is 120 Å². The van der Waals surface area contributed by atoms with Crippen molar-refractivity contribution in [2.45, 2.75) is 20.0 Å². The lowest BCUT2D eigenvalue weighted by molar-refractivity contribution is -0.131. The number of hydrogen-bond donors (Lipinski definition) is 3. The average Bonchev–Trinajstić information content (AvgIpc) is 2.67. The van der Waals surface area contributed by atoms with Crippen LogP contribution in [0.3, 0.4) is 0 Å². The summed E-state index contributed by atoms with van der Waals surface area (Å²) in [7, 11) is 0. The molecule has 0 unspecified atom stereocenters. The molecule has 1 atom stereocenters. The second-order valence-corrected chi connectivity index (χ2v) is 7.71. The number of nitrogens with one attached hydrogen (secondary N) is 1. The van der Waals surface area contributed by atoms with Crippen LogP contribution in [0.4, 0.5) is 10.5 Å². The first-order chi connectivity index (χ1) is 13.6. The first kappa shape index (κ1) is 22.0. The van der Waals surface area contributed by atoms with Gasteiger partial charge in [0.05, 0.1) is 11.6 Å². The number of aromatic hydroxyl groups is 1. The van der Waals surface area contributed by atoms with Crippen LogP contribution >= 0.6 is 15.9 Å². The molecule has 0 saturated heterocycles. The van der Waals surface area contributed by atoms with Gasteiger partial charge >= 0.3 is 12.1 Å². The molecule has 1 amide bonds. The van der Waals surface area contributed by atoms with E-state index in [-0.39, 0.29) is 5.75 Å². The number of amides is 1. The number of aliphatic carboxylic acids is 1. The first-order valence-corrected chi connectivity index (χ1v) is 9.30. The summed E-state index contributed by atoms with van der Waals surface area (Å²) in [6.45, 7) is 3.37. The number of ether oxygens (including phenoxy) is 1. The van der Waals surface area contributed by atoms with Gasteiger partial charge < -0.3 is 14.9 Å². The molecule has 150 valence electrons.